The molecule has 154 valence electrons. The molecule has 7 nitrogen and oxygen atoms in total. The summed E-state index contributed by atoms with van der Waals surface area (Å²) >= 11 is 6.12. The van der Waals surface area contributed by atoms with E-state index in [4.69, 9.17) is 11.6 Å². The molecule has 0 aromatic heterocycles. The van der Waals surface area contributed by atoms with Crippen molar-refractivity contribution >= 4 is 39.1 Å². The summed E-state index contributed by atoms with van der Waals surface area (Å²) in [6.45, 7) is 3.40. The van der Waals surface area contributed by atoms with E-state index in [0.717, 1.165) is 12.8 Å². The Morgan fingerprint density at radius 1 is 1.07 bits per heavy atom. The van der Waals surface area contributed by atoms with Crippen LogP contribution in [0.15, 0.2) is 47.4 Å². The van der Waals surface area contributed by atoms with E-state index in [2.05, 4.69) is 15.4 Å². The number of halogens is 1. The predicted octanol–water partition coefficient (Wildman–Crippen LogP) is 3.17. The molecule has 0 unspecified atom stereocenters. The Labute approximate surface area is 174 Å². The van der Waals surface area contributed by atoms with Gasteiger partial charge in [0.1, 0.15) is 0 Å². The lowest BCUT2D eigenvalue weighted by atomic mass is 10.1. The maximum Gasteiger partial charge on any atom is 0.257 e. The number of carbonyl (C=O) groups is 2. The van der Waals surface area contributed by atoms with E-state index < -0.39 is 15.9 Å². The molecule has 1 aliphatic rings. The maximum absolute atomic E-state index is 12.7. The molecule has 1 fully saturated rings. The Hall–Kier alpha value is -2.42. The number of hydrogen-bond donors (Lipinski definition) is 3. The molecule has 0 heterocycles. The second-order valence-corrected chi connectivity index (χ2v) is 9.32. The first kappa shape index (κ1) is 21.3. The average molecular weight is 436 g/mol. The monoisotopic (exact) mass is 435 g/mol. The van der Waals surface area contributed by atoms with E-state index in [1.165, 1.54) is 18.2 Å². The number of carbonyl (C=O) groups excluding carboxylic acids is 2. The number of rotatable bonds is 7. The van der Waals surface area contributed by atoms with Gasteiger partial charge in [0, 0.05) is 23.3 Å². The van der Waals surface area contributed by atoms with Crippen molar-refractivity contribution in [3.63, 3.8) is 0 Å². The third-order valence-electron chi connectivity index (χ3n) is 4.18. The van der Waals surface area contributed by atoms with E-state index >= 15 is 0 Å². The van der Waals surface area contributed by atoms with E-state index in [1.54, 1.807) is 38.1 Å². The number of hydrogen-bond acceptors (Lipinski definition) is 4. The molecule has 2 aromatic carbocycles. The summed E-state index contributed by atoms with van der Waals surface area (Å²) in [6, 6.07) is 10.4. The van der Waals surface area contributed by atoms with Gasteiger partial charge in [-0.15, -0.1) is 0 Å². The highest BCUT2D eigenvalue weighted by Crippen LogP contribution is 2.23. The van der Waals surface area contributed by atoms with Crippen molar-refractivity contribution in [2.24, 2.45) is 0 Å². The summed E-state index contributed by atoms with van der Waals surface area (Å²) in [6.07, 6.45) is 1.96. The Bertz CT molecular complexity index is 1050. The second-order valence-electron chi connectivity index (χ2n) is 7.20. The van der Waals surface area contributed by atoms with Crippen LogP contribution in [-0.2, 0) is 10.0 Å². The number of nitrogens with one attached hydrogen (secondary N) is 3. The highest BCUT2D eigenvalue weighted by Gasteiger charge is 2.24. The standard InChI is InChI=1S/C20H22ClN3O4S/c1-12(2)24-29(27,28)16-8-9-18(21)17(11-16)20(26)23-15-5-3-4-13(10-15)19(25)22-14-6-7-14/h3-5,8-12,14,24H,6-7H2,1-2H3,(H,22,25)(H,23,26). The van der Waals surface area contributed by atoms with Crippen LogP contribution in [0.2, 0.25) is 5.02 Å². The van der Waals surface area contributed by atoms with Crippen molar-refractivity contribution < 1.29 is 18.0 Å². The van der Waals surface area contributed by atoms with Crippen molar-refractivity contribution in [1.82, 2.24) is 10.0 Å². The lowest BCUT2D eigenvalue weighted by Crippen LogP contribution is -2.30. The summed E-state index contributed by atoms with van der Waals surface area (Å²) in [7, 11) is -3.77. The second kappa shape index (κ2) is 8.52. The van der Waals surface area contributed by atoms with Crippen LogP contribution in [0, 0.1) is 0 Å². The molecule has 0 saturated heterocycles. The van der Waals surface area contributed by atoms with E-state index in [0.29, 0.717) is 11.3 Å². The molecule has 0 spiro atoms. The molecule has 1 saturated carbocycles. The molecule has 9 heteroatoms. The lowest BCUT2D eigenvalue weighted by Gasteiger charge is -2.12. The van der Waals surface area contributed by atoms with Crippen LogP contribution in [0.3, 0.4) is 0 Å². The molecule has 0 atom stereocenters. The van der Waals surface area contributed by atoms with Gasteiger partial charge in [0.25, 0.3) is 11.8 Å². The van der Waals surface area contributed by atoms with Crippen molar-refractivity contribution in [3.8, 4) is 0 Å². The summed E-state index contributed by atoms with van der Waals surface area (Å²) in [4.78, 5) is 24.8. The molecule has 2 aromatic rings. The minimum atomic E-state index is -3.77. The Morgan fingerprint density at radius 2 is 1.79 bits per heavy atom. The van der Waals surface area contributed by atoms with Crippen molar-refractivity contribution in [2.45, 2.75) is 43.7 Å². The smallest absolute Gasteiger partial charge is 0.257 e. The maximum atomic E-state index is 12.7. The van der Waals surface area contributed by atoms with Gasteiger partial charge in [0.05, 0.1) is 15.5 Å². The third kappa shape index (κ3) is 5.56. The molecule has 3 rings (SSSR count). The van der Waals surface area contributed by atoms with Gasteiger partial charge in [-0.2, -0.15) is 0 Å². The van der Waals surface area contributed by atoms with Crippen molar-refractivity contribution in [3.05, 3.63) is 58.6 Å². The van der Waals surface area contributed by atoms with E-state index in [-0.39, 0.29) is 33.5 Å². The SMILES string of the molecule is CC(C)NS(=O)(=O)c1ccc(Cl)c(C(=O)Nc2cccc(C(=O)NC3CC3)c2)c1. The Morgan fingerprint density at radius 3 is 2.45 bits per heavy atom. The molecular weight excluding hydrogens is 414 g/mol. The first-order chi connectivity index (χ1) is 13.7. The fourth-order valence-corrected chi connectivity index (χ4v) is 4.14. The summed E-state index contributed by atoms with van der Waals surface area (Å²) in [5.41, 5.74) is 0.854. The molecule has 0 aliphatic heterocycles. The van der Waals surface area contributed by atoms with Gasteiger partial charge in [-0.1, -0.05) is 17.7 Å². The normalized spacial score (nSPS) is 13.9. The molecule has 0 radical (unpaired) electrons. The van der Waals surface area contributed by atoms with Crippen LogP contribution in [0.4, 0.5) is 5.69 Å². The van der Waals surface area contributed by atoms with Crippen LogP contribution in [-0.4, -0.2) is 32.3 Å². The zero-order valence-corrected chi connectivity index (χ0v) is 17.6. The van der Waals surface area contributed by atoms with Crippen molar-refractivity contribution in [2.75, 3.05) is 5.32 Å². The van der Waals surface area contributed by atoms with Gasteiger partial charge in [-0.25, -0.2) is 13.1 Å². The van der Waals surface area contributed by atoms with Crippen LogP contribution >= 0.6 is 11.6 Å². The van der Waals surface area contributed by atoms with Gasteiger partial charge in [-0.05, 0) is 63.1 Å². The highest BCUT2D eigenvalue weighted by atomic mass is 35.5. The minimum absolute atomic E-state index is 0.0196. The number of anilines is 1. The summed E-state index contributed by atoms with van der Waals surface area (Å²) in [5, 5.41) is 5.67. The fraction of sp³-hybridized carbons (Fsp3) is 0.300. The van der Waals surface area contributed by atoms with Gasteiger partial charge >= 0.3 is 0 Å². The number of benzene rings is 2. The average Bonchev–Trinajstić information content (AvgIpc) is 3.45. The topological polar surface area (TPSA) is 104 Å². The first-order valence-corrected chi connectivity index (χ1v) is 11.1. The quantitative estimate of drug-likeness (QED) is 0.621. The van der Waals surface area contributed by atoms with Crippen LogP contribution in [0.5, 0.6) is 0 Å². The largest absolute Gasteiger partial charge is 0.349 e. The Kier molecular flexibility index (Phi) is 6.26. The predicted molar refractivity (Wildman–Crippen MR) is 112 cm³/mol. The first-order valence-electron chi connectivity index (χ1n) is 9.20. The summed E-state index contributed by atoms with van der Waals surface area (Å²) < 4.78 is 27.2. The minimum Gasteiger partial charge on any atom is -0.349 e. The van der Waals surface area contributed by atoms with Crippen molar-refractivity contribution in [1.29, 1.82) is 0 Å². The summed E-state index contributed by atoms with van der Waals surface area (Å²) in [5.74, 6) is -0.772. The number of amides is 2. The fourth-order valence-electron chi connectivity index (χ4n) is 2.66. The van der Waals surface area contributed by atoms with Gasteiger partial charge in [0.2, 0.25) is 10.0 Å². The van der Waals surface area contributed by atoms with E-state index in [1.807, 2.05) is 0 Å². The van der Waals surface area contributed by atoms with Gasteiger partial charge in [-0.3, -0.25) is 9.59 Å². The van der Waals surface area contributed by atoms with Gasteiger partial charge in [0.15, 0.2) is 0 Å². The third-order valence-corrected chi connectivity index (χ3v) is 6.16. The van der Waals surface area contributed by atoms with Crippen LogP contribution < -0.4 is 15.4 Å². The molecule has 29 heavy (non-hydrogen) atoms. The lowest BCUT2D eigenvalue weighted by molar-refractivity contribution is 0.0949. The zero-order valence-electron chi connectivity index (χ0n) is 16.0. The molecule has 2 amide bonds. The van der Waals surface area contributed by atoms with Gasteiger partial charge < -0.3 is 10.6 Å². The molecule has 0 bridgehead atoms. The van der Waals surface area contributed by atoms with Crippen LogP contribution in [0.1, 0.15) is 47.4 Å². The zero-order chi connectivity index (χ0) is 21.2. The molecule has 1 aliphatic carbocycles. The molecule has 3 N–H and O–H groups in total. The molecular formula is C20H22ClN3O4S. The highest BCUT2D eigenvalue weighted by molar-refractivity contribution is 7.89. The van der Waals surface area contributed by atoms with Crippen LogP contribution in [0.25, 0.3) is 0 Å². The number of sulfonamides is 1. The Balaban J connectivity index is 1.80. The van der Waals surface area contributed by atoms with E-state index in [9.17, 15) is 18.0 Å².